The van der Waals surface area contributed by atoms with Crippen LogP contribution in [0.15, 0.2) is 218 Å². The van der Waals surface area contributed by atoms with Crippen LogP contribution >= 0.6 is 0 Å². The highest BCUT2D eigenvalue weighted by Crippen LogP contribution is 2.52. The number of fused-ring (bicyclic) bond motifs is 10. The highest BCUT2D eigenvalue weighted by molar-refractivity contribution is 6.19. The molecule has 0 N–H and O–H groups in total. The number of aromatic nitrogens is 5. The molecule has 4 heterocycles. The Balaban J connectivity index is 1.05. The lowest BCUT2D eigenvalue weighted by Gasteiger charge is -2.32. The van der Waals surface area contributed by atoms with Crippen molar-refractivity contribution in [2.45, 2.75) is 0 Å². The van der Waals surface area contributed by atoms with Gasteiger partial charge in [-0.3, -0.25) is 4.90 Å². The number of rotatable bonds is 5. The Morgan fingerprint density at radius 2 is 0.831 bits per heavy atom. The first-order valence-electron chi connectivity index (χ1n) is 22.0. The fourth-order valence-electron chi connectivity index (χ4n) is 10.4. The van der Waals surface area contributed by atoms with Gasteiger partial charge in [0.1, 0.15) is 0 Å². The molecule has 14 rings (SSSR count). The highest BCUT2D eigenvalue weighted by Gasteiger charge is 2.30. The summed E-state index contributed by atoms with van der Waals surface area (Å²) < 4.78 is 4.68. The van der Waals surface area contributed by atoms with Gasteiger partial charge in [-0.15, -0.1) is 0 Å². The molecule has 0 saturated carbocycles. The zero-order chi connectivity index (χ0) is 42.6. The van der Waals surface area contributed by atoms with E-state index >= 15 is 0 Å². The third-order valence-electron chi connectivity index (χ3n) is 13.3. The number of para-hydroxylation sites is 4. The lowest BCUT2D eigenvalue weighted by molar-refractivity contribution is 1.02. The van der Waals surface area contributed by atoms with E-state index in [0.717, 1.165) is 66.7 Å². The van der Waals surface area contributed by atoms with Crippen LogP contribution < -0.4 is 4.90 Å². The molecular weight excluding hydrogens is 793 g/mol. The summed E-state index contributed by atoms with van der Waals surface area (Å²) in [4.78, 5) is 18.6. The minimum absolute atomic E-state index is 0.558. The third-order valence-corrected chi connectivity index (χ3v) is 13.3. The van der Waals surface area contributed by atoms with E-state index < -0.39 is 0 Å². The Hall–Kier alpha value is -8.87. The van der Waals surface area contributed by atoms with Crippen molar-refractivity contribution < 1.29 is 0 Å². The molecule has 0 saturated heterocycles. The van der Waals surface area contributed by atoms with Crippen LogP contribution in [-0.2, 0) is 0 Å². The molecule has 0 amide bonds. The van der Waals surface area contributed by atoms with Gasteiger partial charge in [0, 0.05) is 55.0 Å². The highest BCUT2D eigenvalue weighted by atomic mass is 15.3. The predicted octanol–water partition coefficient (Wildman–Crippen LogP) is 15.2. The number of benzene rings is 10. The molecule has 0 radical (unpaired) electrons. The summed E-state index contributed by atoms with van der Waals surface area (Å²) in [6.07, 6.45) is 0. The van der Waals surface area contributed by atoms with Crippen molar-refractivity contribution in [2.75, 3.05) is 4.90 Å². The molecule has 0 unspecified atom stereocenters. The molecule has 10 aromatic carbocycles. The first-order valence-corrected chi connectivity index (χ1v) is 22.0. The number of anilines is 3. The average Bonchev–Trinajstić information content (AvgIpc) is 3.89. The lowest BCUT2D eigenvalue weighted by atomic mass is 9.88. The zero-order valence-electron chi connectivity index (χ0n) is 35.0. The molecule has 0 aliphatic carbocycles. The van der Waals surface area contributed by atoms with Gasteiger partial charge in [-0.05, 0) is 107 Å². The van der Waals surface area contributed by atoms with Gasteiger partial charge >= 0.3 is 0 Å². The van der Waals surface area contributed by atoms with Crippen LogP contribution in [-0.4, -0.2) is 24.1 Å². The van der Waals surface area contributed by atoms with Crippen LogP contribution in [0.4, 0.5) is 17.3 Å². The largest absolute Gasteiger partial charge is 0.309 e. The second kappa shape index (κ2) is 13.8. The van der Waals surface area contributed by atoms with E-state index in [1.165, 1.54) is 43.4 Å². The first-order chi connectivity index (χ1) is 32.2. The van der Waals surface area contributed by atoms with Gasteiger partial charge in [-0.25, -0.2) is 4.98 Å². The molecule has 65 heavy (non-hydrogen) atoms. The van der Waals surface area contributed by atoms with E-state index in [4.69, 9.17) is 15.0 Å². The van der Waals surface area contributed by atoms with Gasteiger partial charge in [-0.2, -0.15) is 9.97 Å². The van der Waals surface area contributed by atoms with Crippen LogP contribution in [0.3, 0.4) is 0 Å². The third kappa shape index (κ3) is 5.31. The Kier molecular flexibility index (Phi) is 7.59. The van der Waals surface area contributed by atoms with Crippen LogP contribution in [0, 0.1) is 0 Å². The minimum atomic E-state index is 0.558. The quantitative estimate of drug-likeness (QED) is 0.173. The molecule has 1 aliphatic heterocycles. The smallest absolute Gasteiger partial charge is 0.238 e. The van der Waals surface area contributed by atoms with Crippen molar-refractivity contribution >= 4 is 82.5 Å². The lowest BCUT2D eigenvalue weighted by Crippen LogP contribution is -2.19. The van der Waals surface area contributed by atoms with Crippen molar-refractivity contribution in [3.05, 3.63) is 218 Å². The van der Waals surface area contributed by atoms with E-state index in [1.807, 2.05) is 0 Å². The van der Waals surface area contributed by atoms with Crippen LogP contribution in [0.5, 0.6) is 0 Å². The maximum absolute atomic E-state index is 5.49. The van der Waals surface area contributed by atoms with Crippen LogP contribution in [0.2, 0.25) is 0 Å². The predicted molar refractivity (Wildman–Crippen MR) is 268 cm³/mol. The summed E-state index contributed by atoms with van der Waals surface area (Å²) in [7, 11) is 0. The summed E-state index contributed by atoms with van der Waals surface area (Å²) in [6.45, 7) is 0. The Morgan fingerprint density at radius 3 is 1.45 bits per heavy atom. The standard InChI is InChI=1S/C59H36N6/c1-3-18-41(19-4-1)63-49-26-11-9-23-44(49)47-35-39(30-32-51(47)63)57-60-58(40-31-33-52-48(36-40)45-24-10-12-27-50(45)64(52)42-20-5-2-6-21-42)62-59(61-57)65-53-28-14-17-38-16-13-25-46(55(38)53)56-43-22-8-7-15-37(43)29-34-54(56)65/h1-36H. The normalized spacial score (nSPS) is 12.3. The van der Waals surface area contributed by atoms with Crippen molar-refractivity contribution in [1.29, 1.82) is 0 Å². The van der Waals surface area contributed by atoms with Crippen molar-refractivity contribution in [3.63, 3.8) is 0 Å². The van der Waals surface area contributed by atoms with Crippen LogP contribution in [0.1, 0.15) is 0 Å². The molecular formula is C59H36N6. The number of hydrogen-bond acceptors (Lipinski definition) is 4. The average molecular weight is 829 g/mol. The monoisotopic (exact) mass is 828 g/mol. The Labute approximate surface area is 373 Å². The molecule has 6 nitrogen and oxygen atoms in total. The Morgan fingerprint density at radius 1 is 0.323 bits per heavy atom. The summed E-state index contributed by atoms with van der Waals surface area (Å²) in [5.41, 5.74) is 13.0. The number of nitrogens with zero attached hydrogens (tertiary/aromatic N) is 6. The fraction of sp³-hybridized carbons (Fsp3) is 0. The summed E-state index contributed by atoms with van der Waals surface area (Å²) >= 11 is 0. The van der Waals surface area contributed by atoms with Crippen molar-refractivity contribution in [3.8, 4) is 45.3 Å². The summed E-state index contributed by atoms with van der Waals surface area (Å²) in [5.74, 6) is 1.76. The van der Waals surface area contributed by atoms with E-state index in [0.29, 0.717) is 17.6 Å². The van der Waals surface area contributed by atoms with Crippen LogP contribution in [0.25, 0.3) is 110 Å². The minimum Gasteiger partial charge on any atom is -0.309 e. The van der Waals surface area contributed by atoms with Gasteiger partial charge < -0.3 is 9.13 Å². The van der Waals surface area contributed by atoms with Gasteiger partial charge in [0.15, 0.2) is 11.6 Å². The first kappa shape index (κ1) is 35.7. The van der Waals surface area contributed by atoms with Gasteiger partial charge in [-0.1, -0.05) is 133 Å². The number of hydrogen-bond donors (Lipinski definition) is 0. The molecule has 0 spiro atoms. The zero-order valence-corrected chi connectivity index (χ0v) is 35.0. The molecule has 302 valence electrons. The van der Waals surface area contributed by atoms with E-state index in [-0.39, 0.29) is 0 Å². The summed E-state index contributed by atoms with van der Waals surface area (Å²) in [6, 6.07) is 77.9. The SMILES string of the molecule is c1ccc(-n2c3ccccc3c3cc(-c4nc(-c5ccc6c(c5)c5ccccc5n6-c5ccccc5)nc(N5c6ccc7ccccc7c6-c6cccc7cccc5c67)n4)ccc32)cc1. The van der Waals surface area contributed by atoms with Gasteiger partial charge in [0.05, 0.1) is 33.4 Å². The van der Waals surface area contributed by atoms with E-state index in [2.05, 4.69) is 232 Å². The van der Waals surface area contributed by atoms with Gasteiger partial charge in [0.25, 0.3) is 0 Å². The fourth-order valence-corrected chi connectivity index (χ4v) is 10.4. The molecule has 0 fully saturated rings. The molecule has 13 aromatic rings. The molecule has 3 aromatic heterocycles. The molecule has 6 heteroatoms. The second-order valence-electron chi connectivity index (χ2n) is 16.8. The molecule has 1 aliphatic rings. The summed E-state index contributed by atoms with van der Waals surface area (Å²) in [5, 5.41) is 9.32. The maximum atomic E-state index is 5.49. The van der Waals surface area contributed by atoms with Crippen molar-refractivity contribution in [2.24, 2.45) is 0 Å². The second-order valence-corrected chi connectivity index (χ2v) is 16.8. The molecule has 0 bridgehead atoms. The Bertz CT molecular complexity index is 3890. The molecule has 0 atom stereocenters. The van der Waals surface area contributed by atoms with Crippen molar-refractivity contribution in [1.82, 2.24) is 24.1 Å². The van der Waals surface area contributed by atoms with E-state index in [9.17, 15) is 0 Å². The van der Waals surface area contributed by atoms with E-state index in [1.54, 1.807) is 0 Å². The topological polar surface area (TPSA) is 51.8 Å². The van der Waals surface area contributed by atoms with Gasteiger partial charge in [0.2, 0.25) is 5.95 Å². The maximum Gasteiger partial charge on any atom is 0.238 e.